The lowest BCUT2D eigenvalue weighted by atomic mass is 10.2. The maximum absolute atomic E-state index is 12.9. The zero-order valence-corrected chi connectivity index (χ0v) is 14.3. The van der Waals surface area contributed by atoms with Crippen molar-refractivity contribution in [2.24, 2.45) is 0 Å². The van der Waals surface area contributed by atoms with Crippen LogP contribution in [0.3, 0.4) is 0 Å². The Morgan fingerprint density at radius 3 is 2.12 bits per heavy atom. The fraction of sp³-hybridized carbons (Fsp3) is 0.278. The highest BCUT2D eigenvalue weighted by molar-refractivity contribution is 7.89. The highest BCUT2D eigenvalue weighted by Gasteiger charge is 2.26. The number of hydrogen-bond acceptors (Lipinski definition) is 4. The number of hydrogen-bond donors (Lipinski definition) is 0. The quantitative estimate of drug-likeness (QED) is 0.618. The molecule has 0 spiro atoms. The van der Waals surface area contributed by atoms with Crippen molar-refractivity contribution in [1.29, 1.82) is 0 Å². The number of nitrogens with zero attached hydrogens (tertiary/aromatic N) is 1. The highest BCUT2D eigenvalue weighted by Crippen LogP contribution is 2.21. The van der Waals surface area contributed by atoms with Gasteiger partial charge in [0.15, 0.2) is 0 Å². The molecule has 0 aromatic heterocycles. The van der Waals surface area contributed by atoms with Crippen molar-refractivity contribution in [3.05, 3.63) is 59.9 Å². The SMILES string of the molecule is O=C(Oc1ccc(F)cc1)c1ccc(S(=O)(=O)N2CCCCC2)cc1. The Hall–Kier alpha value is -2.25. The van der Waals surface area contributed by atoms with Crippen molar-refractivity contribution >= 4 is 16.0 Å². The predicted octanol–water partition coefficient (Wildman–Crippen LogP) is 3.22. The van der Waals surface area contributed by atoms with Gasteiger partial charge in [-0.15, -0.1) is 0 Å². The number of esters is 1. The van der Waals surface area contributed by atoms with Crippen LogP contribution in [0.15, 0.2) is 53.4 Å². The lowest BCUT2D eigenvalue weighted by Gasteiger charge is -2.25. The van der Waals surface area contributed by atoms with Gasteiger partial charge in [-0.05, 0) is 61.4 Å². The molecular weight excluding hydrogens is 345 g/mol. The zero-order valence-electron chi connectivity index (χ0n) is 13.5. The van der Waals surface area contributed by atoms with Crippen molar-refractivity contribution in [2.75, 3.05) is 13.1 Å². The molecule has 1 aliphatic heterocycles. The Bertz CT molecular complexity index is 842. The van der Waals surface area contributed by atoms with Gasteiger partial charge in [-0.25, -0.2) is 17.6 Å². The number of benzene rings is 2. The van der Waals surface area contributed by atoms with Crippen molar-refractivity contribution < 1.29 is 22.3 Å². The summed E-state index contributed by atoms with van der Waals surface area (Å²) < 4.78 is 44.6. The second kappa shape index (κ2) is 7.33. The Kier molecular flexibility index (Phi) is 5.15. The monoisotopic (exact) mass is 363 g/mol. The van der Waals surface area contributed by atoms with E-state index in [0.717, 1.165) is 19.3 Å². The van der Waals surface area contributed by atoms with Gasteiger partial charge in [0.2, 0.25) is 10.0 Å². The number of rotatable bonds is 4. The highest BCUT2D eigenvalue weighted by atomic mass is 32.2. The topological polar surface area (TPSA) is 63.7 Å². The molecule has 132 valence electrons. The van der Waals surface area contributed by atoms with Crippen LogP contribution >= 0.6 is 0 Å². The molecule has 0 bridgehead atoms. The lowest BCUT2D eigenvalue weighted by Crippen LogP contribution is -2.35. The van der Waals surface area contributed by atoms with Crippen molar-refractivity contribution in [1.82, 2.24) is 4.31 Å². The molecule has 25 heavy (non-hydrogen) atoms. The van der Waals surface area contributed by atoms with Gasteiger partial charge in [0.25, 0.3) is 0 Å². The molecule has 5 nitrogen and oxygen atoms in total. The smallest absolute Gasteiger partial charge is 0.343 e. The van der Waals surface area contributed by atoms with Crippen molar-refractivity contribution in [3.8, 4) is 5.75 Å². The Balaban J connectivity index is 1.73. The fourth-order valence-electron chi connectivity index (χ4n) is 2.69. The third-order valence-corrected chi connectivity index (χ3v) is 5.98. The summed E-state index contributed by atoms with van der Waals surface area (Å²) >= 11 is 0. The van der Waals surface area contributed by atoms with Gasteiger partial charge < -0.3 is 4.74 Å². The maximum atomic E-state index is 12.9. The number of carbonyl (C=O) groups excluding carboxylic acids is 1. The minimum Gasteiger partial charge on any atom is -0.423 e. The third-order valence-electron chi connectivity index (χ3n) is 4.07. The van der Waals surface area contributed by atoms with E-state index < -0.39 is 21.8 Å². The number of halogens is 1. The van der Waals surface area contributed by atoms with E-state index >= 15 is 0 Å². The van der Waals surface area contributed by atoms with Gasteiger partial charge in [-0.1, -0.05) is 6.42 Å². The Morgan fingerprint density at radius 1 is 0.920 bits per heavy atom. The van der Waals surface area contributed by atoms with Crippen LogP contribution in [-0.2, 0) is 10.0 Å². The third kappa shape index (κ3) is 4.05. The molecule has 0 amide bonds. The molecule has 0 aliphatic carbocycles. The van der Waals surface area contributed by atoms with E-state index in [1.54, 1.807) is 0 Å². The maximum Gasteiger partial charge on any atom is 0.343 e. The summed E-state index contributed by atoms with van der Waals surface area (Å²) in [5.41, 5.74) is 0.224. The number of ether oxygens (including phenoxy) is 1. The van der Waals surface area contributed by atoms with Crippen LogP contribution in [0.4, 0.5) is 4.39 Å². The summed E-state index contributed by atoms with van der Waals surface area (Å²) in [6.45, 7) is 1.05. The molecule has 1 heterocycles. The molecular formula is C18H18FNO4S. The molecule has 0 atom stereocenters. The average Bonchev–Trinajstić information content (AvgIpc) is 2.64. The molecule has 1 aliphatic rings. The summed E-state index contributed by atoms with van der Waals surface area (Å²) in [4.78, 5) is 12.2. The van der Waals surface area contributed by atoms with E-state index in [2.05, 4.69) is 0 Å². The number of carbonyl (C=O) groups is 1. The van der Waals surface area contributed by atoms with E-state index in [-0.39, 0.29) is 16.2 Å². The molecule has 1 saturated heterocycles. The van der Waals surface area contributed by atoms with Crippen LogP contribution in [0.25, 0.3) is 0 Å². The normalized spacial score (nSPS) is 15.7. The van der Waals surface area contributed by atoms with Crippen LogP contribution in [0.1, 0.15) is 29.6 Å². The van der Waals surface area contributed by atoms with Gasteiger partial charge in [0.1, 0.15) is 11.6 Å². The molecule has 0 radical (unpaired) electrons. The first kappa shape index (κ1) is 17.6. The fourth-order valence-corrected chi connectivity index (χ4v) is 4.20. The summed E-state index contributed by atoms with van der Waals surface area (Å²) in [7, 11) is -3.53. The van der Waals surface area contributed by atoms with Crippen molar-refractivity contribution in [2.45, 2.75) is 24.2 Å². The molecule has 0 N–H and O–H groups in total. The molecule has 3 rings (SSSR count). The molecule has 2 aromatic carbocycles. The van der Waals surface area contributed by atoms with Gasteiger partial charge >= 0.3 is 5.97 Å². The first-order chi connectivity index (χ1) is 12.0. The van der Waals surface area contributed by atoms with E-state index in [9.17, 15) is 17.6 Å². The zero-order chi connectivity index (χ0) is 17.9. The molecule has 0 saturated carbocycles. The first-order valence-corrected chi connectivity index (χ1v) is 9.49. The lowest BCUT2D eigenvalue weighted by molar-refractivity contribution is 0.0734. The summed E-state index contributed by atoms with van der Waals surface area (Å²) in [6, 6.07) is 10.7. The van der Waals surface area contributed by atoms with E-state index in [4.69, 9.17) is 4.74 Å². The largest absolute Gasteiger partial charge is 0.423 e. The van der Waals surface area contributed by atoms with E-state index in [0.29, 0.717) is 13.1 Å². The standard InChI is InChI=1S/C18H18FNO4S/c19-15-6-8-16(9-7-15)24-18(21)14-4-10-17(11-5-14)25(22,23)20-12-2-1-3-13-20/h4-11H,1-3,12-13H2. The van der Waals surface area contributed by atoms with Crippen LogP contribution < -0.4 is 4.74 Å². The van der Waals surface area contributed by atoms with Gasteiger partial charge in [-0.2, -0.15) is 4.31 Å². The van der Waals surface area contributed by atoms with E-state index in [1.807, 2.05) is 0 Å². The van der Waals surface area contributed by atoms with Crippen LogP contribution in [-0.4, -0.2) is 31.8 Å². The van der Waals surface area contributed by atoms with Gasteiger partial charge in [-0.3, -0.25) is 0 Å². The second-order valence-corrected chi connectivity index (χ2v) is 7.77. The predicted molar refractivity (Wildman–Crippen MR) is 90.4 cm³/mol. The Morgan fingerprint density at radius 2 is 1.52 bits per heavy atom. The molecule has 2 aromatic rings. The Labute approximate surface area is 146 Å². The summed E-state index contributed by atoms with van der Waals surface area (Å²) in [5, 5.41) is 0. The van der Waals surface area contributed by atoms with E-state index in [1.165, 1.54) is 52.8 Å². The van der Waals surface area contributed by atoms with Gasteiger partial charge in [0, 0.05) is 13.1 Å². The minimum atomic E-state index is -3.53. The first-order valence-electron chi connectivity index (χ1n) is 8.05. The second-order valence-electron chi connectivity index (χ2n) is 5.83. The van der Waals surface area contributed by atoms with Crippen LogP contribution in [0, 0.1) is 5.82 Å². The number of piperidine rings is 1. The summed E-state index contributed by atoms with van der Waals surface area (Å²) in [5.74, 6) is -0.836. The average molecular weight is 363 g/mol. The van der Waals surface area contributed by atoms with Crippen LogP contribution in [0.2, 0.25) is 0 Å². The van der Waals surface area contributed by atoms with Crippen molar-refractivity contribution in [3.63, 3.8) is 0 Å². The number of sulfonamides is 1. The molecule has 0 unspecified atom stereocenters. The van der Waals surface area contributed by atoms with Crippen LogP contribution in [0.5, 0.6) is 5.75 Å². The molecule has 7 heteroatoms. The van der Waals surface area contributed by atoms with Gasteiger partial charge in [0.05, 0.1) is 10.5 Å². The minimum absolute atomic E-state index is 0.160. The summed E-state index contributed by atoms with van der Waals surface area (Å²) in [6.07, 6.45) is 2.77. The molecule has 1 fully saturated rings.